The van der Waals surface area contributed by atoms with Crippen molar-refractivity contribution in [3.8, 4) is 5.75 Å². The number of hydrogen-bond acceptors (Lipinski definition) is 2. The third-order valence-corrected chi connectivity index (χ3v) is 4.01. The van der Waals surface area contributed by atoms with Gasteiger partial charge in [0.05, 0.1) is 0 Å². The maximum absolute atomic E-state index is 12.3. The van der Waals surface area contributed by atoms with Gasteiger partial charge in [-0.25, -0.2) is 0 Å². The molecule has 1 atom stereocenters. The highest BCUT2D eigenvalue weighted by Crippen LogP contribution is 2.26. The molecule has 3 aromatic carbocycles. The largest absolute Gasteiger partial charge is 0.480 e. The molecule has 3 rings (SSSR count). The van der Waals surface area contributed by atoms with Crippen molar-refractivity contribution in [1.82, 2.24) is 5.32 Å². The number of benzene rings is 3. The molecule has 0 aliphatic carbocycles. The molecular formula is C21H21NO2. The zero-order chi connectivity index (χ0) is 16.9. The van der Waals surface area contributed by atoms with Crippen LogP contribution in [0.3, 0.4) is 0 Å². The predicted octanol–water partition coefficient (Wildman–Crippen LogP) is 4.23. The molecule has 0 saturated heterocycles. The van der Waals surface area contributed by atoms with Crippen LogP contribution in [0.25, 0.3) is 10.8 Å². The average molecular weight is 319 g/mol. The van der Waals surface area contributed by atoms with Crippen LogP contribution in [0, 0.1) is 6.92 Å². The molecule has 1 N–H and O–H groups in total. The molecule has 3 aromatic rings. The fourth-order valence-corrected chi connectivity index (χ4v) is 2.58. The van der Waals surface area contributed by atoms with E-state index in [1.54, 1.807) is 6.92 Å². The fourth-order valence-electron chi connectivity index (χ4n) is 2.58. The summed E-state index contributed by atoms with van der Waals surface area (Å²) in [7, 11) is 0. The maximum atomic E-state index is 12.3. The van der Waals surface area contributed by atoms with Crippen molar-refractivity contribution in [1.29, 1.82) is 0 Å². The van der Waals surface area contributed by atoms with Gasteiger partial charge in [0.15, 0.2) is 6.10 Å². The van der Waals surface area contributed by atoms with Crippen molar-refractivity contribution in [2.45, 2.75) is 26.5 Å². The number of carbonyl (C=O) groups excluding carboxylic acids is 1. The quantitative estimate of drug-likeness (QED) is 0.764. The van der Waals surface area contributed by atoms with Crippen LogP contribution in [0.5, 0.6) is 5.75 Å². The minimum atomic E-state index is -0.554. The minimum Gasteiger partial charge on any atom is -0.480 e. The Kier molecular flexibility index (Phi) is 4.80. The Morgan fingerprint density at radius 1 is 1.00 bits per heavy atom. The van der Waals surface area contributed by atoms with E-state index in [4.69, 9.17) is 4.74 Å². The topological polar surface area (TPSA) is 38.3 Å². The van der Waals surface area contributed by atoms with Gasteiger partial charge in [0.25, 0.3) is 5.91 Å². The van der Waals surface area contributed by atoms with E-state index >= 15 is 0 Å². The molecule has 0 fully saturated rings. The molecule has 0 aliphatic heterocycles. The molecule has 0 bridgehead atoms. The van der Waals surface area contributed by atoms with Crippen molar-refractivity contribution in [2.24, 2.45) is 0 Å². The van der Waals surface area contributed by atoms with E-state index in [-0.39, 0.29) is 5.91 Å². The highest BCUT2D eigenvalue weighted by molar-refractivity contribution is 5.89. The van der Waals surface area contributed by atoms with Crippen molar-refractivity contribution in [3.05, 3.63) is 77.9 Å². The Labute approximate surface area is 142 Å². The Morgan fingerprint density at radius 2 is 1.71 bits per heavy atom. The summed E-state index contributed by atoms with van der Waals surface area (Å²) in [5.41, 5.74) is 2.28. The maximum Gasteiger partial charge on any atom is 0.261 e. The lowest BCUT2D eigenvalue weighted by Crippen LogP contribution is -2.35. The molecule has 0 spiro atoms. The summed E-state index contributed by atoms with van der Waals surface area (Å²) >= 11 is 0. The fraction of sp³-hybridized carbons (Fsp3) is 0.190. The second-order valence-electron chi connectivity index (χ2n) is 5.94. The van der Waals surface area contributed by atoms with Gasteiger partial charge in [-0.15, -0.1) is 0 Å². The summed E-state index contributed by atoms with van der Waals surface area (Å²) in [4.78, 5) is 12.3. The number of carbonyl (C=O) groups is 1. The summed E-state index contributed by atoms with van der Waals surface area (Å²) in [5, 5.41) is 5.03. The number of aryl methyl sites for hydroxylation is 1. The van der Waals surface area contributed by atoms with Crippen LogP contribution in [0.2, 0.25) is 0 Å². The first kappa shape index (κ1) is 16.1. The third-order valence-electron chi connectivity index (χ3n) is 4.01. The summed E-state index contributed by atoms with van der Waals surface area (Å²) in [5.74, 6) is 0.606. The number of amides is 1. The van der Waals surface area contributed by atoms with Crippen LogP contribution >= 0.6 is 0 Å². The zero-order valence-electron chi connectivity index (χ0n) is 14.0. The Morgan fingerprint density at radius 3 is 2.50 bits per heavy atom. The van der Waals surface area contributed by atoms with E-state index in [2.05, 4.69) is 5.32 Å². The molecule has 0 saturated carbocycles. The second kappa shape index (κ2) is 7.18. The van der Waals surface area contributed by atoms with E-state index in [0.717, 1.165) is 22.1 Å². The van der Waals surface area contributed by atoms with Gasteiger partial charge in [-0.3, -0.25) is 4.79 Å². The Bertz CT molecular complexity index is 835. The van der Waals surface area contributed by atoms with Crippen molar-refractivity contribution in [3.63, 3.8) is 0 Å². The first-order valence-electron chi connectivity index (χ1n) is 8.11. The van der Waals surface area contributed by atoms with Crippen molar-refractivity contribution in [2.75, 3.05) is 0 Å². The monoisotopic (exact) mass is 319 g/mol. The first-order chi connectivity index (χ1) is 11.6. The second-order valence-corrected chi connectivity index (χ2v) is 5.94. The van der Waals surface area contributed by atoms with Gasteiger partial charge in [0, 0.05) is 11.9 Å². The molecule has 0 aliphatic rings. The van der Waals surface area contributed by atoms with Gasteiger partial charge in [0.2, 0.25) is 0 Å². The van der Waals surface area contributed by atoms with Crippen molar-refractivity contribution >= 4 is 16.7 Å². The van der Waals surface area contributed by atoms with E-state index < -0.39 is 6.10 Å². The summed E-state index contributed by atoms with van der Waals surface area (Å²) in [6, 6.07) is 22.0. The number of hydrogen-bond donors (Lipinski definition) is 1. The number of rotatable bonds is 5. The van der Waals surface area contributed by atoms with Crippen LogP contribution in [0.1, 0.15) is 18.1 Å². The minimum absolute atomic E-state index is 0.122. The standard InChI is InChI=1S/C21H21NO2/c1-15-10-12-17(13-11-15)14-22-21(23)16(2)24-20-9-5-7-18-6-3-4-8-19(18)20/h3-13,16H,14H2,1-2H3,(H,22,23)/t16-/m0/s1. The lowest BCUT2D eigenvalue weighted by atomic mass is 10.1. The first-order valence-corrected chi connectivity index (χ1v) is 8.11. The van der Waals surface area contributed by atoms with E-state index in [9.17, 15) is 4.79 Å². The van der Waals surface area contributed by atoms with Crippen molar-refractivity contribution < 1.29 is 9.53 Å². The summed E-state index contributed by atoms with van der Waals surface area (Å²) in [6.07, 6.45) is -0.554. The molecule has 24 heavy (non-hydrogen) atoms. The summed E-state index contributed by atoms with van der Waals surface area (Å²) in [6.45, 7) is 4.32. The van der Waals surface area contributed by atoms with Crippen LogP contribution in [0.15, 0.2) is 66.7 Å². The van der Waals surface area contributed by atoms with Crippen LogP contribution < -0.4 is 10.1 Å². The number of fused-ring (bicyclic) bond motifs is 1. The molecule has 122 valence electrons. The van der Waals surface area contributed by atoms with E-state index in [1.807, 2.05) is 73.7 Å². The molecule has 0 aromatic heterocycles. The highest BCUT2D eigenvalue weighted by atomic mass is 16.5. The molecule has 3 nitrogen and oxygen atoms in total. The number of nitrogens with one attached hydrogen (secondary N) is 1. The highest BCUT2D eigenvalue weighted by Gasteiger charge is 2.15. The van der Waals surface area contributed by atoms with Crippen LogP contribution in [-0.2, 0) is 11.3 Å². The number of ether oxygens (including phenoxy) is 1. The predicted molar refractivity (Wildman–Crippen MR) is 97.1 cm³/mol. The van der Waals surface area contributed by atoms with Gasteiger partial charge in [-0.05, 0) is 30.9 Å². The SMILES string of the molecule is Cc1ccc(CNC(=O)[C@H](C)Oc2cccc3ccccc23)cc1. The van der Waals surface area contributed by atoms with E-state index in [0.29, 0.717) is 6.54 Å². The molecule has 0 heterocycles. The van der Waals surface area contributed by atoms with Gasteiger partial charge in [-0.1, -0.05) is 66.2 Å². The normalized spacial score (nSPS) is 11.9. The molecule has 0 radical (unpaired) electrons. The molecular weight excluding hydrogens is 298 g/mol. The van der Waals surface area contributed by atoms with Gasteiger partial charge in [-0.2, -0.15) is 0 Å². The van der Waals surface area contributed by atoms with Gasteiger partial charge >= 0.3 is 0 Å². The van der Waals surface area contributed by atoms with Crippen LogP contribution in [-0.4, -0.2) is 12.0 Å². The lowest BCUT2D eigenvalue weighted by Gasteiger charge is -2.16. The Hall–Kier alpha value is -2.81. The Balaban J connectivity index is 1.64. The summed E-state index contributed by atoms with van der Waals surface area (Å²) < 4.78 is 5.88. The molecule has 0 unspecified atom stereocenters. The lowest BCUT2D eigenvalue weighted by molar-refractivity contribution is -0.127. The molecule has 3 heteroatoms. The third kappa shape index (κ3) is 3.74. The smallest absolute Gasteiger partial charge is 0.261 e. The van der Waals surface area contributed by atoms with Gasteiger partial charge in [0.1, 0.15) is 5.75 Å². The molecule has 1 amide bonds. The van der Waals surface area contributed by atoms with Crippen LogP contribution in [0.4, 0.5) is 0 Å². The van der Waals surface area contributed by atoms with E-state index in [1.165, 1.54) is 5.56 Å². The average Bonchev–Trinajstić information content (AvgIpc) is 2.61. The van der Waals surface area contributed by atoms with Gasteiger partial charge < -0.3 is 10.1 Å². The zero-order valence-corrected chi connectivity index (χ0v) is 14.0.